The van der Waals surface area contributed by atoms with E-state index >= 15 is 0 Å². The van der Waals surface area contributed by atoms with Crippen molar-refractivity contribution in [3.63, 3.8) is 0 Å². The number of nitrogens with zero attached hydrogens (tertiary/aromatic N) is 3. The fourth-order valence-corrected chi connectivity index (χ4v) is 3.56. The first kappa shape index (κ1) is 16.1. The number of carbonyl (C=O) groups is 1. The summed E-state index contributed by atoms with van der Waals surface area (Å²) in [5, 5.41) is 8.90. The van der Waals surface area contributed by atoms with Crippen molar-refractivity contribution in [1.29, 1.82) is 0 Å². The summed E-state index contributed by atoms with van der Waals surface area (Å²) in [6.07, 6.45) is 1.90. The molecule has 3 heterocycles. The van der Waals surface area contributed by atoms with Crippen molar-refractivity contribution in [3.05, 3.63) is 34.1 Å². The monoisotopic (exact) mass is 334 g/mol. The first-order valence-corrected chi connectivity index (χ1v) is 8.86. The van der Waals surface area contributed by atoms with Gasteiger partial charge >= 0.3 is 0 Å². The van der Waals surface area contributed by atoms with Crippen LogP contribution in [-0.4, -0.2) is 40.1 Å². The molecular weight excluding hydrogens is 312 g/mol. The average molecular weight is 334 g/mol. The third-order valence-corrected chi connectivity index (χ3v) is 5.24. The minimum absolute atomic E-state index is 0.0884. The predicted molar refractivity (Wildman–Crippen MR) is 88.2 cm³/mol. The molecule has 0 aliphatic carbocycles. The van der Waals surface area contributed by atoms with Crippen molar-refractivity contribution >= 4 is 17.2 Å². The molecule has 1 aliphatic rings. The molecule has 2 aromatic heterocycles. The lowest BCUT2D eigenvalue weighted by molar-refractivity contribution is -0.126. The number of hydrogen-bond acceptors (Lipinski definition) is 6. The van der Waals surface area contributed by atoms with Crippen LogP contribution in [0.15, 0.2) is 22.0 Å². The van der Waals surface area contributed by atoms with Gasteiger partial charge in [-0.15, -0.1) is 11.3 Å². The highest BCUT2D eigenvalue weighted by Crippen LogP contribution is 2.27. The molecular formula is C16H22N4O2S. The van der Waals surface area contributed by atoms with E-state index < -0.39 is 0 Å². The zero-order valence-corrected chi connectivity index (χ0v) is 14.3. The molecule has 1 saturated heterocycles. The van der Waals surface area contributed by atoms with Crippen molar-refractivity contribution in [1.82, 2.24) is 20.4 Å². The van der Waals surface area contributed by atoms with Crippen LogP contribution in [0.25, 0.3) is 0 Å². The van der Waals surface area contributed by atoms with Gasteiger partial charge in [-0.25, -0.2) is 0 Å². The Bertz CT molecular complexity index is 632. The maximum Gasteiger partial charge on any atom is 0.237 e. The maximum atomic E-state index is 12.3. The molecule has 0 unspecified atom stereocenters. The summed E-state index contributed by atoms with van der Waals surface area (Å²) in [5.74, 6) is 1.82. The van der Waals surface area contributed by atoms with Gasteiger partial charge in [0.2, 0.25) is 11.8 Å². The number of rotatable bonds is 5. The Balaban J connectivity index is 1.47. The Labute approximate surface area is 139 Å². The largest absolute Gasteiger partial charge is 0.350 e. The van der Waals surface area contributed by atoms with Gasteiger partial charge < -0.3 is 9.84 Å². The van der Waals surface area contributed by atoms with Crippen molar-refractivity contribution in [2.75, 3.05) is 13.1 Å². The van der Waals surface area contributed by atoms with Crippen LogP contribution in [0.1, 0.15) is 42.3 Å². The van der Waals surface area contributed by atoms with Crippen LogP contribution in [0.3, 0.4) is 0 Å². The molecule has 0 spiro atoms. The fraction of sp³-hybridized carbons (Fsp3) is 0.562. The van der Waals surface area contributed by atoms with Gasteiger partial charge in [0.15, 0.2) is 5.82 Å². The highest BCUT2D eigenvalue weighted by Gasteiger charge is 2.29. The molecule has 0 radical (unpaired) electrons. The second-order valence-electron chi connectivity index (χ2n) is 5.96. The van der Waals surface area contributed by atoms with Crippen LogP contribution in [0.2, 0.25) is 0 Å². The number of hydrogen-bond donors (Lipinski definition) is 1. The molecule has 0 bridgehead atoms. The van der Waals surface area contributed by atoms with Gasteiger partial charge in [-0.1, -0.05) is 11.2 Å². The molecule has 7 heteroatoms. The number of piperidine rings is 1. The number of thiophene rings is 1. The number of amides is 1. The average Bonchev–Trinajstić information content (AvgIpc) is 3.23. The number of likely N-dealkylation sites (tertiary alicyclic amines) is 1. The zero-order chi connectivity index (χ0) is 16.2. The van der Waals surface area contributed by atoms with Crippen LogP contribution < -0.4 is 5.32 Å². The Morgan fingerprint density at radius 3 is 2.91 bits per heavy atom. The van der Waals surface area contributed by atoms with E-state index in [-0.39, 0.29) is 11.9 Å². The van der Waals surface area contributed by atoms with E-state index in [1.54, 1.807) is 11.3 Å². The normalized spacial score (nSPS) is 18.0. The Morgan fingerprint density at radius 2 is 2.30 bits per heavy atom. The molecule has 1 N–H and O–H groups in total. The Hall–Kier alpha value is -1.73. The van der Waals surface area contributed by atoms with E-state index in [0.29, 0.717) is 18.3 Å². The molecule has 23 heavy (non-hydrogen) atoms. The quantitative estimate of drug-likeness (QED) is 0.908. The highest BCUT2D eigenvalue weighted by atomic mass is 32.1. The number of aryl methyl sites for hydroxylation is 1. The van der Waals surface area contributed by atoms with Gasteiger partial charge in [-0.3, -0.25) is 9.69 Å². The first-order valence-electron chi connectivity index (χ1n) is 7.98. The zero-order valence-electron chi connectivity index (χ0n) is 13.5. The lowest BCUT2D eigenvalue weighted by atomic mass is 9.95. The van der Waals surface area contributed by atoms with Gasteiger partial charge in [0, 0.05) is 10.8 Å². The van der Waals surface area contributed by atoms with Crippen molar-refractivity contribution in [2.24, 2.45) is 0 Å². The van der Waals surface area contributed by atoms with Crippen LogP contribution in [-0.2, 0) is 11.3 Å². The molecule has 1 aliphatic heterocycles. The number of nitrogens with one attached hydrogen (secondary N) is 1. The summed E-state index contributed by atoms with van der Waals surface area (Å²) in [6, 6.07) is 3.92. The van der Waals surface area contributed by atoms with E-state index in [1.807, 2.05) is 31.4 Å². The third-order valence-electron chi connectivity index (χ3n) is 4.37. The van der Waals surface area contributed by atoms with Crippen LogP contribution in [0, 0.1) is 6.92 Å². The molecule has 3 rings (SSSR count). The molecule has 6 nitrogen and oxygen atoms in total. The van der Waals surface area contributed by atoms with Crippen molar-refractivity contribution < 1.29 is 9.32 Å². The molecule has 1 amide bonds. The minimum Gasteiger partial charge on any atom is -0.350 e. The predicted octanol–water partition coefficient (Wildman–Crippen LogP) is 2.32. The number of aromatic nitrogens is 2. The van der Waals surface area contributed by atoms with Gasteiger partial charge in [-0.2, -0.15) is 4.98 Å². The molecule has 2 aromatic rings. The number of carbonyl (C=O) groups excluding carboxylic acids is 1. The van der Waals surface area contributed by atoms with Gasteiger partial charge in [0.05, 0.1) is 12.6 Å². The topological polar surface area (TPSA) is 71.3 Å². The summed E-state index contributed by atoms with van der Waals surface area (Å²) in [7, 11) is 0. The van der Waals surface area contributed by atoms with Crippen LogP contribution in [0.5, 0.6) is 0 Å². The summed E-state index contributed by atoms with van der Waals surface area (Å²) >= 11 is 1.66. The third kappa shape index (κ3) is 3.97. The lowest BCUT2D eigenvalue weighted by Crippen LogP contribution is -2.47. The van der Waals surface area contributed by atoms with Crippen molar-refractivity contribution in [2.45, 2.75) is 45.2 Å². The van der Waals surface area contributed by atoms with Gasteiger partial charge in [0.1, 0.15) is 0 Å². The van der Waals surface area contributed by atoms with Gasteiger partial charge in [-0.05, 0) is 51.2 Å². The highest BCUT2D eigenvalue weighted by molar-refractivity contribution is 7.09. The van der Waals surface area contributed by atoms with Crippen LogP contribution in [0.4, 0.5) is 0 Å². The Morgan fingerprint density at radius 1 is 1.52 bits per heavy atom. The second-order valence-corrected chi connectivity index (χ2v) is 7.00. The van der Waals surface area contributed by atoms with E-state index in [9.17, 15) is 4.79 Å². The fourth-order valence-electron chi connectivity index (χ4n) is 2.91. The Kier molecular flexibility index (Phi) is 5.07. The summed E-state index contributed by atoms with van der Waals surface area (Å²) < 4.78 is 5.27. The summed E-state index contributed by atoms with van der Waals surface area (Å²) in [5.41, 5.74) is 0. The van der Waals surface area contributed by atoms with E-state index in [2.05, 4.69) is 20.4 Å². The van der Waals surface area contributed by atoms with E-state index in [0.717, 1.165) is 31.8 Å². The smallest absolute Gasteiger partial charge is 0.237 e. The van der Waals surface area contributed by atoms with Crippen molar-refractivity contribution in [3.8, 4) is 0 Å². The molecule has 124 valence electrons. The molecule has 1 fully saturated rings. The lowest BCUT2D eigenvalue weighted by Gasteiger charge is -2.34. The SMILES string of the molecule is Cc1noc(C2CCN([C@@H](C)C(=O)NCc3cccs3)CC2)n1. The van der Waals surface area contributed by atoms with E-state index in [4.69, 9.17) is 4.52 Å². The summed E-state index contributed by atoms with van der Waals surface area (Å²) in [6.45, 7) is 6.17. The maximum absolute atomic E-state index is 12.3. The molecule has 1 atom stereocenters. The van der Waals surface area contributed by atoms with Gasteiger partial charge in [0.25, 0.3) is 0 Å². The van der Waals surface area contributed by atoms with Crippen LogP contribution >= 0.6 is 11.3 Å². The summed E-state index contributed by atoms with van der Waals surface area (Å²) in [4.78, 5) is 20.0. The molecule has 0 saturated carbocycles. The standard InChI is InChI=1S/C16H22N4O2S/c1-11(15(21)17-10-14-4-3-9-23-14)20-7-5-13(6-8-20)16-18-12(2)19-22-16/h3-4,9,11,13H,5-8,10H2,1-2H3,(H,17,21)/t11-/m0/s1. The minimum atomic E-state index is -0.111. The first-order chi connectivity index (χ1) is 11.1. The second kappa shape index (κ2) is 7.23. The van der Waals surface area contributed by atoms with E-state index in [1.165, 1.54) is 4.88 Å². The molecule has 0 aromatic carbocycles.